The van der Waals surface area contributed by atoms with Gasteiger partial charge >= 0.3 is 6.18 Å². The second-order valence-corrected chi connectivity index (χ2v) is 9.02. The van der Waals surface area contributed by atoms with Crippen molar-refractivity contribution in [3.05, 3.63) is 40.9 Å². The zero-order valence-corrected chi connectivity index (χ0v) is 18.1. The second kappa shape index (κ2) is 8.06. The molecule has 3 aromatic rings. The quantitative estimate of drug-likeness (QED) is 0.563. The summed E-state index contributed by atoms with van der Waals surface area (Å²) in [6.07, 6.45) is 0.274. The molecule has 3 aromatic heterocycles. The fourth-order valence-electron chi connectivity index (χ4n) is 5.05. The monoisotopic (exact) mass is 466 g/mol. The second-order valence-electron chi connectivity index (χ2n) is 8.63. The molecule has 32 heavy (non-hydrogen) atoms. The number of halogens is 4. The molecule has 1 saturated carbocycles. The van der Waals surface area contributed by atoms with E-state index in [1.807, 2.05) is 13.0 Å². The summed E-state index contributed by atoms with van der Waals surface area (Å²) in [7, 11) is 0. The molecule has 2 fully saturated rings. The fourth-order valence-corrected chi connectivity index (χ4v) is 5.21. The van der Waals surface area contributed by atoms with Gasteiger partial charge in [0.25, 0.3) is 0 Å². The first-order valence-corrected chi connectivity index (χ1v) is 10.9. The molecule has 0 spiro atoms. The van der Waals surface area contributed by atoms with Crippen molar-refractivity contribution in [3.8, 4) is 5.88 Å². The summed E-state index contributed by atoms with van der Waals surface area (Å²) in [6.45, 7) is 2.29. The van der Waals surface area contributed by atoms with E-state index in [2.05, 4.69) is 25.2 Å². The van der Waals surface area contributed by atoms with E-state index in [0.717, 1.165) is 37.2 Å². The van der Waals surface area contributed by atoms with E-state index in [1.54, 1.807) is 12.3 Å². The number of fused-ring (bicyclic) bond motifs is 3. The van der Waals surface area contributed by atoms with Crippen LogP contribution >= 0.6 is 11.6 Å². The number of ether oxygens (including phenoxy) is 1. The van der Waals surface area contributed by atoms with E-state index in [0.29, 0.717) is 40.8 Å². The number of aryl methyl sites for hydroxylation is 1. The van der Waals surface area contributed by atoms with Gasteiger partial charge in [0.15, 0.2) is 23.2 Å². The maximum atomic E-state index is 12.6. The standard InChI is InChI=1S/C21H22ClF3N6O/c1-12-2-5-19(32-11-21(23,24)25)31-20(12)27-18(29-31)7-16-13-3-4-14(16)10-30(9-13)15-6-17(22)28-26-8-15/h2,5-6,8,13-14,16H,3-4,7,9-11H2,1H3/t13-,14+,16?. The van der Waals surface area contributed by atoms with Gasteiger partial charge in [-0.3, -0.25) is 0 Å². The van der Waals surface area contributed by atoms with Gasteiger partial charge in [-0.25, -0.2) is 4.98 Å². The Labute approximate surface area is 187 Å². The van der Waals surface area contributed by atoms with Crippen LogP contribution in [-0.4, -0.2) is 50.7 Å². The Bertz CT molecular complexity index is 1120. The topological polar surface area (TPSA) is 68.4 Å². The third kappa shape index (κ3) is 4.20. The smallest absolute Gasteiger partial charge is 0.422 e. The van der Waals surface area contributed by atoms with Crippen molar-refractivity contribution in [1.29, 1.82) is 0 Å². The predicted octanol–water partition coefficient (Wildman–Crippen LogP) is 4.13. The first kappa shape index (κ1) is 21.2. The molecule has 2 bridgehead atoms. The van der Waals surface area contributed by atoms with E-state index in [9.17, 15) is 13.2 Å². The summed E-state index contributed by atoms with van der Waals surface area (Å²) in [5, 5.41) is 12.7. The number of piperidine rings is 1. The summed E-state index contributed by atoms with van der Waals surface area (Å²) in [5.41, 5.74) is 2.35. The molecule has 170 valence electrons. The number of anilines is 1. The minimum absolute atomic E-state index is 0.0431. The van der Waals surface area contributed by atoms with Gasteiger partial charge in [0.05, 0.1) is 11.9 Å². The zero-order chi connectivity index (χ0) is 22.5. The third-order valence-corrected chi connectivity index (χ3v) is 6.68. The van der Waals surface area contributed by atoms with Gasteiger partial charge in [0.2, 0.25) is 5.88 Å². The Hall–Kier alpha value is -2.62. The molecule has 1 saturated heterocycles. The van der Waals surface area contributed by atoms with Crippen molar-refractivity contribution in [2.75, 3.05) is 24.6 Å². The number of aromatic nitrogens is 5. The molecule has 0 N–H and O–H groups in total. The number of hydrogen-bond donors (Lipinski definition) is 0. The predicted molar refractivity (Wildman–Crippen MR) is 112 cm³/mol. The molecule has 3 atom stereocenters. The highest BCUT2D eigenvalue weighted by Crippen LogP contribution is 2.44. The normalized spacial score (nSPS) is 23.2. The average Bonchev–Trinajstić information content (AvgIpc) is 3.25. The van der Waals surface area contributed by atoms with Crippen LogP contribution in [0.3, 0.4) is 0 Å². The molecule has 11 heteroatoms. The Balaban J connectivity index is 1.34. The maximum absolute atomic E-state index is 12.6. The maximum Gasteiger partial charge on any atom is 0.422 e. The van der Waals surface area contributed by atoms with E-state index < -0.39 is 12.8 Å². The Morgan fingerprint density at radius 2 is 1.94 bits per heavy atom. The van der Waals surface area contributed by atoms with Gasteiger partial charge in [-0.05, 0) is 43.1 Å². The summed E-state index contributed by atoms with van der Waals surface area (Å²) >= 11 is 6.01. The van der Waals surface area contributed by atoms with Gasteiger partial charge < -0.3 is 9.64 Å². The highest BCUT2D eigenvalue weighted by Gasteiger charge is 2.42. The summed E-state index contributed by atoms with van der Waals surface area (Å²) < 4.78 is 44.2. The van der Waals surface area contributed by atoms with Crippen molar-refractivity contribution in [1.82, 2.24) is 24.8 Å². The number of rotatable bonds is 5. The molecule has 0 aromatic carbocycles. The molecule has 2 aliphatic rings. The number of alkyl halides is 3. The lowest BCUT2D eigenvalue weighted by Crippen LogP contribution is -2.42. The van der Waals surface area contributed by atoms with E-state index in [1.165, 1.54) is 10.6 Å². The fraction of sp³-hybridized carbons (Fsp3) is 0.524. The lowest BCUT2D eigenvalue weighted by Gasteiger charge is -2.38. The summed E-state index contributed by atoms with van der Waals surface area (Å²) in [4.78, 5) is 6.95. The van der Waals surface area contributed by atoms with Crippen LogP contribution in [0, 0.1) is 24.7 Å². The molecule has 1 aliphatic carbocycles. The molecular formula is C21H22ClF3N6O. The van der Waals surface area contributed by atoms with Crippen molar-refractivity contribution in [2.45, 2.75) is 32.4 Å². The first-order valence-electron chi connectivity index (χ1n) is 10.5. The largest absolute Gasteiger partial charge is 0.468 e. The molecule has 4 heterocycles. The van der Waals surface area contributed by atoms with Crippen molar-refractivity contribution < 1.29 is 17.9 Å². The summed E-state index contributed by atoms with van der Waals surface area (Å²) in [5.74, 6) is 2.07. The van der Waals surface area contributed by atoms with E-state index >= 15 is 0 Å². The van der Waals surface area contributed by atoms with Crippen LogP contribution in [0.1, 0.15) is 24.2 Å². The van der Waals surface area contributed by atoms with Crippen LogP contribution in [0.15, 0.2) is 24.4 Å². The van der Waals surface area contributed by atoms with Crippen LogP contribution in [0.2, 0.25) is 5.15 Å². The highest BCUT2D eigenvalue weighted by atomic mass is 35.5. The number of nitrogens with zero attached hydrogens (tertiary/aromatic N) is 6. The SMILES string of the molecule is Cc1ccc(OCC(F)(F)F)n2nc(CC3[C@@H]4CC[C@H]3CN(c3cnnc(Cl)c3)C4)nc12. The highest BCUT2D eigenvalue weighted by molar-refractivity contribution is 6.29. The Kier molecular flexibility index (Phi) is 5.35. The molecule has 1 unspecified atom stereocenters. The van der Waals surface area contributed by atoms with Crippen LogP contribution < -0.4 is 9.64 Å². The third-order valence-electron chi connectivity index (χ3n) is 6.49. The van der Waals surface area contributed by atoms with E-state index in [4.69, 9.17) is 16.3 Å². The van der Waals surface area contributed by atoms with Gasteiger partial charge in [-0.2, -0.15) is 22.8 Å². The first-order chi connectivity index (χ1) is 15.3. The average molecular weight is 467 g/mol. The Morgan fingerprint density at radius 1 is 1.19 bits per heavy atom. The number of hydrogen-bond acceptors (Lipinski definition) is 6. The van der Waals surface area contributed by atoms with E-state index in [-0.39, 0.29) is 5.88 Å². The Morgan fingerprint density at radius 3 is 2.62 bits per heavy atom. The van der Waals surface area contributed by atoms with Gasteiger partial charge in [0, 0.05) is 31.6 Å². The molecule has 7 nitrogen and oxygen atoms in total. The van der Waals surface area contributed by atoms with Crippen molar-refractivity contribution >= 4 is 22.9 Å². The minimum atomic E-state index is -4.41. The molecule has 0 radical (unpaired) electrons. The molecule has 5 rings (SSSR count). The van der Waals surface area contributed by atoms with Gasteiger partial charge in [-0.15, -0.1) is 10.2 Å². The van der Waals surface area contributed by atoms with Gasteiger partial charge in [-0.1, -0.05) is 17.7 Å². The van der Waals surface area contributed by atoms with Crippen molar-refractivity contribution in [2.24, 2.45) is 17.8 Å². The zero-order valence-electron chi connectivity index (χ0n) is 17.4. The van der Waals surface area contributed by atoms with Crippen LogP contribution in [-0.2, 0) is 6.42 Å². The summed E-state index contributed by atoms with van der Waals surface area (Å²) in [6, 6.07) is 5.04. The minimum Gasteiger partial charge on any atom is -0.468 e. The number of pyridine rings is 1. The van der Waals surface area contributed by atoms with Crippen LogP contribution in [0.25, 0.3) is 5.65 Å². The van der Waals surface area contributed by atoms with Crippen LogP contribution in [0.5, 0.6) is 5.88 Å². The van der Waals surface area contributed by atoms with Crippen molar-refractivity contribution in [3.63, 3.8) is 0 Å². The molecular weight excluding hydrogens is 445 g/mol. The van der Waals surface area contributed by atoms with Gasteiger partial charge in [0.1, 0.15) is 0 Å². The lowest BCUT2D eigenvalue weighted by molar-refractivity contribution is -0.154. The molecule has 0 amide bonds. The van der Waals surface area contributed by atoms with Crippen LogP contribution in [0.4, 0.5) is 18.9 Å². The lowest BCUT2D eigenvalue weighted by atomic mass is 9.82. The molecule has 1 aliphatic heterocycles.